The molecule has 0 spiro atoms. The molecule has 0 aliphatic rings. The van der Waals surface area contributed by atoms with Gasteiger partial charge in [-0.3, -0.25) is 9.78 Å². The predicted octanol–water partition coefficient (Wildman–Crippen LogP) is 3.54. The summed E-state index contributed by atoms with van der Waals surface area (Å²) in [5.41, 5.74) is 0.988. The van der Waals surface area contributed by atoms with Gasteiger partial charge in [0.25, 0.3) is 5.91 Å². The summed E-state index contributed by atoms with van der Waals surface area (Å²) in [4.78, 5) is 18.0. The average molecular weight is 349 g/mol. The first-order chi connectivity index (χ1) is 11.9. The highest BCUT2D eigenvalue weighted by molar-refractivity contribution is 5.94. The number of hydrogen-bond donors (Lipinski definition) is 0. The second-order valence-corrected chi connectivity index (χ2v) is 5.07. The van der Waals surface area contributed by atoms with Gasteiger partial charge in [-0.2, -0.15) is 5.26 Å². The van der Waals surface area contributed by atoms with Crippen LogP contribution >= 0.6 is 0 Å². The molecule has 2 rings (SSSR count). The number of ether oxygens (including phenoxy) is 1. The van der Waals surface area contributed by atoms with E-state index in [2.05, 4.69) is 9.72 Å². The highest BCUT2D eigenvalue weighted by atomic mass is 19.4. The van der Waals surface area contributed by atoms with Crippen LogP contribution in [0.3, 0.4) is 0 Å². The number of nitriles is 1. The lowest BCUT2D eigenvalue weighted by Crippen LogP contribution is -2.31. The van der Waals surface area contributed by atoms with Gasteiger partial charge in [-0.25, -0.2) is 0 Å². The van der Waals surface area contributed by atoms with Gasteiger partial charge < -0.3 is 9.64 Å². The van der Waals surface area contributed by atoms with Gasteiger partial charge in [0, 0.05) is 31.0 Å². The summed E-state index contributed by atoms with van der Waals surface area (Å²) in [6.07, 6.45) is -1.44. The summed E-state index contributed by atoms with van der Waals surface area (Å²) in [7, 11) is 0. The van der Waals surface area contributed by atoms with Crippen LogP contribution < -0.4 is 4.74 Å². The number of alkyl halides is 3. The molecule has 0 fully saturated rings. The highest BCUT2D eigenvalue weighted by Gasteiger charge is 2.31. The number of aromatic nitrogens is 1. The van der Waals surface area contributed by atoms with E-state index in [-0.39, 0.29) is 25.1 Å². The molecule has 2 aromatic rings. The van der Waals surface area contributed by atoms with Gasteiger partial charge in [-0.15, -0.1) is 13.2 Å². The van der Waals surface area contributed by atoms with Crippen LogP contribution in [0.4, 0.5) is 13.2 Å². The fourth-order valence-electron chi connectivity index (χ4n) is 2.13. The molecule has 0 saturated heterocycles. The third-order valence-corrected chi connectivity index (χ3v) is 3.21. The number of rotatable bonds is 6. The molecule has 1 aromatic carbocycles. The summed E-state index contributed by atoms with van der Waals surface area (Å²) in [6, 6.07) is 10.2. The molecule has 25 heavy (non-hydrogen) atoms. The molecule has 0 atom stereocenters. The Bertz CT molecular complexity index is 740. The number of amides is 1. The van der Waals surface area contributed by atoms with Crippen LogP contribution in [0.2, 0.25) is 0 Å². The predicted molar refractivity (Wildman–Crippen MR) is 82.3 cm³/mol. The normalized spacial score (nSPS) is 10.8. The smallest absolute Gasteiger partial charge is 0.406 e. The number of benzene rings is 1. The number of hydrogen-bond acceptors (Lipinski definition) is 4. The van der Waals surface area contributed by atoms with E-state index in [1.165, 1.54) is 17.0 Å². The Labute approximate surface area is 142 Å². The largest absolute Gasteiger partial charge is 0.573 e. The van der Waals surface area contributed by atoms with Gasteiger partial charge >= 0.3 is 6.36 Å². The van der Waals surface area contributed by atoms with Crippen molar-refractivity contribution in [2.45, 2.75) is 19.3 Å². The Morgan fingerprint density at radius 1 is 1.24 bits per heavy atom. The summed E-state index contributed by atoms with van der Waals surface area (Å²) < 4.78 is 40.3. The number of pyridine rings is 1. The molecule has 130 valence electrons. The maximum atomic E-state index is 12.6. The van der Waals surface area contributed by atoms with Gasteiger partial charge in [-0.05, 0) is 35.9 Å². The number of nitrogens with zero attached hydrogens (tertiary/aromatic N) is 3. The van der Waals surface area contributed by atoms with Crippen LogP contribution in [0.1, 0.15) is 22.3 Å². The summed E-state index contributed by atoms with van der Waals surface area (Å²) in [6.45, 7) is 0.445. The molecule has 8 heteroatoms. The quantitative estimate of drug-likeness (QED) is 0.800. The zero-order valence-electron chi connectivity index (χ0n) is 13.0. The standard InChI is InChI=1S/C17H14F3N3O2/c18-17(19,20)25-15-6-4-14(5-7-15)16(24)23(10-2-8-21)12-13-3-1-9-22-11-13/h1,3-7,9,11H,2,10,12H2. The molecule has 1 heterocycles. The topological polar surface area (TPSA) is 66.2 Å². The van der Waals surface area contributed by atoms with Crippen molar-refractivity contribution in [1.82, 2.24) is 9.88 Å². The maximum absolute atomic E-state index is 12.6. The Morgan fingerprint density at radius 3 is 2.52 bits per heavy atom. The molecule has 1 amide bonds. The molecule has 0 N–H and O–H groups in total. The first kappa shape index (κ1) is 18.3. The van der Waals surface area contributed by atoms with E-state index in [4.69, 9.17) is 5.26 Å². The summed E-state index contributed by atoms with van der Waals surface area (Å²) in [5.74, 6) is -0.794. The molecular formula is C17H14F3N3O2. The number of carbonyl (C=O) groups is 1. The van der Waals surface area contributed by atoms with Crippen molar-refractivity contribution < 1.29 is 22.7 Å². The molecule has 0 saturated carbocycles. The monoisotopic (exact) mass is 349 g/mol. The molecule has 0 radical (unpaired) electrons. The molecule has 0 bridgehead atoms. The van der Waals surface area contributed by atoms with E-state index < -0.39 is 18.0 Å². The number of halogens is 3. The lowest BCUT2D eigenvalue weighted by Gasteiger charge is -2.22. The molecule has 0 aliphatic carbocycles. The summed E-state index contributed by atoms with van der Waals surface area (Å²) in [5, 5.41) is 8.75. The van der Waals surface area contributed by atoms with Crippen LogP contribution in [0, 0.1) is 11.3 Å². The fourth-order valence-corrected chi connectivity index (χ4v) is 2.13. The van der Waals surface area contributed by atoms with Gasteiger partial charge in [0.05, 0.1) is 12.5 Å². The second-order valence-electron chi connectivity index (χ2n) is 5.07. The van der Waals surface area contributed by atoms with Crippen LogP contribution in [-0.2, 0) is 6.54 Å². The van der Waals surface area contributed by atoms with Gasteiger partial charge in [0.15, 0.2) is 0 Å². The van der Waals surface area contributed by atoms with E-state index >= 15 is 0 Å². The third-order valence-electron chi connectivity index (χ3n) is 3.21. The van der Waals surface area contributed by atoms with Gasteiger partial charge in [0.2, 0.25) is 0 Å². The van der Waals surface area contributed by atoms with Gasteiger partial charge in [-0.1, -0.05) is 6.07 Å². The molecule has 0 aliphatic heterocycles. The molecule has 5 nitrogen and oxygen atoms in total. The van der Waals surface area contributed by atoms with Crippen molar-refractivity contribution in [3.63, 3.8) is 0 Å². The van der Waals surface area contributed by atoms with Crippen molar-refractivity contribution in [3.05, 3.63) is 59.9 Å². The minimum atomic E-state index is -4.79. The first-order valence-corrected chi connectivity index (χ1v) is 7.30. The minimum absolute atomic E-state index is 0.140. The average Bonchev–Trinajstić information content (AvgIpc) is 2.58. The van der Waals surface area contributed by atoms with Crippen molar-refractivity contribution >= 4 is 5.91 Å². The second kappa shape index (κ2) is 8.15. The van der Waals surface area contributed by atoms with Crippen molar-refractivity contribution in [2.75, 3.05) is 6.54 Å². The van der Waals surface area contributed by atoms with Crippen LogP contribution in [0.5, 0.6) is 5.75 Å². The van der Waals surface area contributed by atoms with Crippen molar-refractivity contribution in [1.29, 1.82) is 5.26 Å². The van der Waals surface area contributed by atoms with E-state index in [1.54, 1.807) is 24.5 Å². The zero-order valence-corrected chi connectivity index (χ0v) is 13.0. The molecular weight excluding hydrogens is 335 g/mol. The van der Waals surface area contributed by atoms with E-state index in [1.807, 2.05) is 6.07 Å². The van der Waals surface area contributed by atoms with Crippen LogP contribution in [-0.4, -0.2) is 28.7 Å². The minimum Gasteiger partial charge on any atom is -0.406 e. The Balaban J connectivity index is 2.14. The molecule has 0 unspecified atom stereocenters. The first-order valence-electron chi connectivity index (χ1n) is 7.30. The van der Waals surface area contributed by atoms with Crippen molar-refractivity contribution in [2.24, 2.45) is 0 Å². The summed E-state index contributed by atoms with van der Waals surface area (Å²) >= 11 is 0. The Kier molecular flexibility index (Phi) is 5.95. The zero-order chi connectivity index (χ0) is 18.3. The maximum Gasteiger partial charge on any atom is 0.573 e. The SMILES string of the molecule is N#CCCN(Cc1cccnc1)C(=O)c1ccc(OC(F)(F)F)cc1. The van der Waals surface area contributed by atoms with Crippen LogP contribution in [0.25, 0.3) is 0 Å². The van der Waals surface area contributed by atoms with Crippen LogP contribution in [0.15, 0.2) is 48.8 Å². The Hall–Kier alpha value is -3.08. The lowest BCUT2D eigenvalue weighted by atomic mass is 10.1. The highest BCUT2D eigenvalue weighted by Crippen LogP contribution is 2.23. The third kappa shape index (κ3) is 5.80. The lowest BCUT2D eigenvalue weighted by molar-refractivity contribution is -0.274. The fraction of sp³-hybridized carbons (Fsp3) is 0.235. The van der Waals surface area contributed by atoms with Crippen molar-refractivity contribution in [3.8, 4) is 11.8 Å². The number of carbonyl (C=O) groups excluding carboxylic acids is 1. The Morgan fingerprint density at radius 2 is 1.96 bits per heavy atom. The van der Waals surface area contributed by atoms with Gasteiger partial charge in [0.1, 0.15) is 5.75 Å². The van der Waals surface area contributed by atoms with E-state index in [9.17, 15) is 18.0 Å². The van der Waals surface area contributed by atoms with E-state index in [0.717, 1.165) is 17.7 Å². The van der Waals surface area contributed by atoms with E-state index in [0.29, 0.717) is 0 Å². The molecule has 1 aromatic heterocycles.